The monoisotopic (exact) mass is 207 g/mol. The molecule has 1 rings (SSSR count). The van der Waals surface area contributed by atoms with Gasteiger partial charge in [-0.2, -0.15) is 0 Å². The van der Waals surface area contributed by atoms with Crippen LogP contribution in [0.4, 0.5) is 0 Å². The molecule has 0 radical (unpaired) electrons. The number of rotatable bonds is 3. The van der Waals surface area contributed by atoms with Crippen LogP contribution in [0.5, 0.6) is 0 Å². The Balaban J connectivity index is 0.00000144. The van der Waals surface area contributed by atoms with Crippen molar-refractivity contribution in [3.8, 4) is 0 Å². The van der Waals surface area contributed by atoms with Gasteiger partial charge in [-0.05, 0) is 18.8 Å². The van der Waals surface area contributed by atoms with Crippen molar-refractivity contribution in [3.63, 3.8) is 0 Å². The Morgan fingerprint density at radius 3 is 2.31 bits per heavy atom. The summed E-state index contributed by atoms with van der Waals surface area (Å²) in [5.41, 5.74) is 5.42. The second-order valence-electron chi connectivity index (χ2n) is 3.58. The SMILES string of the molecule is Cl.NCC(C(=O)O)C1CCCCC1. The number of hydrogen-bond acceptors (Lipinski definition) is 2. The summed E-state index contributed by atoms with van der Waals surface area (Å²) in [5, 5.41) is 8.85. The van der Waals surface area contributed by atoms with Crippen LogP contribution >= 0.6 is 12.4 Å². The van der Waals surface area contributed by atoms with E-state index in [1.165, 1.54) is 19.3 Å². The molecule has 0 saturated heterocycles. The lowest BCUT2D eigenvalue weighted by molar-refractivity contribution is -0.143. The van der Waals surface area contributed by atoms with Crippen molar-refractivity contribution in [1.82, 2.24) is 0 Å². The van der Waals surface area contributed by atoms with Crippen molar-refractivity contribution in [2.24, 2.45) is 17.6 Å². The minimum Gasteiger partial charge on any atom is -0.481 e. The van der Waals surface area contributed by atoms with Crippen molar-refractivity contribution < 1.29 is 9.90 Å². The summed E-state index contributed by atoms with van der Waals surface area (Å²) in [6.45, 7) is 0.292. The Labute approximate surface area is 85.1 Å². The van der Waals surface area contributed by atoms with Crippen molar-refractivity contribution in [1.29, 1.82) is 0 Å². The molecule has 0 spiro atoms. The molecule has 0 amide bonds. The summed E-state index contributed by atoms with van der Waals surface area (Å²) in [6.07, 6.45) is 5.71. The van der Waals surface area contributed by atoms with E-state index in [4.69, 9.17) is 10.8 Å². The number of carboxylic acids is 1. The molecule has 78 valence electrons. The van der Waals surface area contributed by atoms with Gasteiger partial charge in [0, 0.05) is 6.54 Å². The molecule has 1 aliphatic carbocycles. The maximum Gasteiger partial charge on any atom is 0.308 e. The molecule has 1 aliphatic rings. The summed E-state index contributed by atoms with van der Waals surface area (Å²) in [5.74, 6) is -0.684. The molecule has 3 nitrogen and oxygen atoms in total. The van der Waals surface area contributed by atoms with E-state index in [1.54, 1.807) is 0 Å². The normalized spacial score (nSPS) is 20.4. The maximum absolute atomic E-state index is 10.7. The molecule has 1 fully saturated rings. The molecule has 1 unspecified atom stereocenters. The van der Waals surface area contributed by atoms with E-state index in [2.05, 4.69) is 0 Å². The van der Waals surface area contributed by atoms with Crippen LogP contribution in [0.1, 0.15) is 32.1 Å². The van der Waals surface area contributed by atoms with Crippen LogP contribution in [0.25, 0.3) is 0 Å². The average molecular weight is 208 g/mol. The zero-order chi connectivity index (χ0) is 8.97. The summed E-state index contributed by atoms with van der Waals surface area (Å²) in [6, 6.07) is 0. The van der Waals surface area contributed by atoms with Gasteiger partial charge in [-0.15, -0.1) is 12.4 Å². The predicted octanol–water partition coefficient (Wildman–Crippen LogP) is 1.65. The number of halogens is 1. The smallest absolute Gasteiger partial charge is 0.308 e. The quantitative estimate of drug-likeness (QED) is 0.740. The van der Waals surface area contributed by atoms with Gasteiger partial charge < -0.3 is 10.8 Å². The van der Waals surface area contributed by atoms with Gasteiger partial charge in [-0.25, -0.2) is 0 Å². The lowest BCUT2D eigenvalue weighted by Gasteiger charge is -2.26. The van der Waals surface area contributed by atoms with Crippen LogP contribution in [0.15, 0.2) is 0 Å². The fourth-order valence-corrected chi connectivity index (χ4v) is 2.03. The first-order valence-corrected chi connectivity index (χ1v) is 4.68. The largest absolute Gasteiger partial charge is 0.481 e. The van der Waals surface area contributed by atoms with Crippen LogP contribution in [-0.2, 0) is 4.79 Å². The number of carboxylic acid groups (broad SMARTS) is 1. The second kappa shape index (κ2) is 6.22. The van der Waals surface area contributed by atoms with E-state index in [0.29, 0.717) is 12.5 Å². The molecule has 0 aromatic carbocycles. The first-order valence-electron chi connectivity index (χ1n) is 4.68. The van der Waals surface area contributed by atoms with Crippen LogP contribution in [-0.4, -0.2) is 17.6 Å². The third kappa shape index (κ3) is 3.53. The molecule has 3 N–H and O–H groups in total. The van der Waals surface area contributed by atoms with Gasteiger partial charge in [0.1, 0.15) is 0 Å². The van der Waals surface area contributed by atoms with Gasteiger partial charge in [0.2, 0.25) is 0 Å². The molecule has 0 bridgehead atoms. The van der Waals surface area contributed by atoms with Gasteiger partial charge in [0.25, 0.3) is 0 Å². The van der Waals surface area contributed by atoms with E-state index >= 15 is 0 Å². The summed E-state index contributed by atoms with van der Waals surface area (Å²) < 4.78 is 0. The van der Waals surface area contributed by atoms with Gasteiger partial charge in [0.15, 0.2) is 0 Å². The standard InChI is InChI=1S/C9H17NO2.ClH/c10-6-8(9(11)12)7-4-2-1-3-5-7;/h7-8H,1-6,10H2,(H,11,12);1H. The van der Waals surface area contributed by atoms with E-state index < -0.39 is 5.97 Å². The van der Waals surface area contributed by atoms with Crippen molar-refractivity contribution >= 4 is 18.4 Å². The average Bonchev–Trinajstić information content (AvgIpc) is 2.07. The zero-order valence-corrected chi connectivity index (χ0v) is 8.55. The third-order valence-electron chi connectivity index (χ3n) is 2.79. The lowest BCUT2D eigenvalue weighted by Crippen LogP contribution is -2.31. The van der Waals surface area contributed by atoms with Crippen LogP contribution in [0.3, 0.4) is 0 Å². The predicted molar refractivity (Wildman–Crippen MR) is 54.0 cm³/mol. The molecular weight excluding hydrogens is 190 g/mol. The molecule has 4 heteroatoms. The Bertz CT molecular complexity index is 158. The lowest BCUT2D eigenvalue weighted by atomic mass is 9.80. The highest BCUT2D eigenvalue weighted by atomic mass is 35.5. The van der Waals surface area contributed by atoms with E-state index in [1.807, 2.05) is 0 Å². The summed E-state index contributed by atoms with van der Waals surface area (Å²) >= 11 is 0. The number of aliphatic carboxylic acids is 1. The van der Waals surface area contributed by atoms with E-state index in [0.717, 1.165) is 12.8 Å². The number of carbonyl (C=O) groups is 1. The first-order chi connectivity index (χ1) is 5.75. The number of hydrogen-bond donors (Lipinski definition) is 2. The highest BCUT2D eigenvalue weighted by Gasteiger charge is 2.27. The van der Waals surface area contributed by atoms with Crippen molar-refractivity contribution in [2.75, 3.05) is 6.54 Å². The zero-order valence-electron chi connectivity index (χ0n) is 7.74. The molecule has 1 atom stereocenters. The third-order valence-corrected chi connectivity index (χ3v) is 2.79. The fourth-order valence-electron chi connectivity index (χ4n) is 2.03. The summed E-state index contributed by atoms with van der Waals surface area (Å²) in [4.78, 5) is 10.7. The second-order valence-corrected chi connectivity index (χ2v) is 3.58. The van der Waals surface area contributed by atoms with Crippen LogP contribution in [0, 0.1) is 11.8 Å². The highest BCUT2D eigenvalue weighted by Crippen LogP contribution is 2.29. The first kappa shape index (κ1) is 12.7. The minimum atomic E-state index is -0.718. The maximum atomic E-state index is 10.7. The van der Waals surface area contributed by atoms with E-state index in [9.17, 15) is 4.79 Å². The molecule has 1 saturated carbocycles. The highest BCUT2D eigenvalue weighted by molar-refractivity contribution is 5.85. The van der Waals surface area contributed by atoms with E-state index in [-0.39, 0.29) is 18.3 Å². The van der Waals surface area contributed by atoms with Crippen LogP contribution < -0.4 is 5.73 Å². The van der Waals surface area contributed by atoms with Gasteiger partial charge in [-0.3, -0.25) is 4.79 Å². The Kier molecular flexibility index (Phi) is 6.08. The molecule has 13 heavy (non-hydrogen) atoms. The molecular formula is C9H18ClNO2. The Morgan fingerprint density at radius 1 is 1.38 bits per heavy atom. The topological polar surface area (TPSA) is 63.3 Å². The molecule has 0 heterocycles. The Hall–Kier alpha value is -0.280. The van der Waals surface area contributed by atoms with Crippen molar-refractivity contribution in [2.45, 2.75) is 32.1 Å². The fraction of sp³-hybridized carbons (Fsp3) is 0.889. The molecule has 0 aromatic heterocycles. The number of nitrogens with two attached hydrogens (primary N) is 1. The van der Waals surface area contributed by atoms with Crippen LogP contribution in [0.2, 0.25) is 0 Å². The Morgan fingerprint density at radius 2 is 1.92 bits per heavy atom. The molecule has 0 aliphatic heterocycles. The molecule has 0 aromatic rings. The summed E-state index contributed by atoms with van der Waals surface area (Å²) in [7, 11) is 0. The van der Waals surface area contributed by atoms with Crippen molar-refractivity contribution in [3.05, 3.63) is 0 Å². The van der Waals surface area contributed by atoms with Gasteiger partial charge in [-0.1, -0.05) is 19.3 Å². The van der Waals surface area contributed by atoms with Gasteiger partial charge >= 0.3 is 5.97 Å². The van der Waals surface area contributed by atoms with Gasteiger partial charge in [0.05, 0.1) is 5.92 Å². The minimum absolute atomic E-state index is 0.